The molecular formula is C18H28N2O3. The number of esters is 1. The minimum absolute atomic E-state index is 0.126. The number of benzene rings is 1. The number of unbranched alkanes of at least 4 members (excludes halogenated alkanes) is 1. The van der Waals surface area contributed by atoms with Gasteiger partial charge in [-0.05, 0) is 23.8 Å². The first-order chi connectivity index (χ1) is 10.8. The topological polar surface area (TPSA) is 81.4 Å². The van der Waals surface area contributed by atoms with Gasteiger partial charge in [-0.2, -0.15) is 0 Å². The van der Waals surface area contributed by atoms with Crippen LogP contribution in [0.5, 0.6) is 0 Å². The zero-order valence-electron chi connectivity index (χ0n) is 14.3. The molecule has 128 valence electrons. The van der Waals surface area contributed by atoms with E-state index < -0.39 is 6.03 Å². The van der Waals surface area contributed by atoms with Crippen LogP contribution in [-0.4, -0.2) is 24.6 Å². The number of nitrogens with one attached hydrogen (secondary N) is 1. The Labute approximate surface area is 138 Å². The third kappa shape index (κ3) is 8.24. The molecule has 5 nitrogen and oxygen atoms in total. The number of carbonyl (C=O) groups excluding carboxylic acids is 2. The lowest BCUT2D eigenvalue weighted by Crippen LogP contribution is -2.33. The van der Waals surface area contributed by atoms with Crippen LogP contribution >= 0.6 is 0 Å². The normalized spacial score (nSPS) is 12.5. The minimum atomic E-state index is -0.539. The monoisotopic (exact) mass is 320 g/mol. The van der Waals surface area contributed by atoms with Crippen molar-refractivity contribution in [2.45, 2.75) is 52.6 Å². The smallest absolute Gasteiger partial charge is 0.312 e. The van der Waals surface area contributed by atoms with Crippen LogP contribution in [0.3, 0.4) is 0 Å². The molecule has 0 fully saturated rings. The molecule has 1 unspecified atom stereocenters. The van der Waals surface area contributed by atoms with Crippen molar-refractivity contribution >= 4 is 12.0 Å². The molecule has 0 saturated heterocycles. The molecule has 0 aliphatic carbocycles. The first kappa shape index (κ1) is 19.0. The summed E-state index contributed by atoms with van der Waals surface area (Å²) in [7, 11) is 0. The predicted molar refractivity (Wildman–Crippen MR) is 90.9 cm³/mol. The Hall–Kier alpha value is -2.04. The summed E-state index contributed by atoms with van der Waals surface area (Å²) in [6, 6.07) is 9.50. The molecule has 2 amide bonds. The molecular weight excluding hydrogens is 292 g/mol. The predicted octanol–water partition coefficient (Wildman–Crippen LogP) is 3.03. The van der Waals surface area contributed by atoms with E-state index in [1.54, 1.807) is 0 Å². The molecule has 1 rings (SSSR count). The summed E-state index contributed by atoms with van der Waals surface area (Å²) in [5.74, 6) is -0.195. The molecule has 0 bridgehead atoms. The lowest BCUT2D eigenvalue weighted by atomic mass is 9.85. The van der Waals surface area contributed by atoms with Gasteiger partial charge in [0.1, 0.15) is 6.10 Å². The molecule has 0 aliphatic heterocycles. The molecule has 1 aromatic rings. The van der Waals surface area contributed by atoms with Gasteiger partial charge in [0.05, 0.1) is 0 Å². The van der Waals surface area contributed by atoms with Gasteiger partial charge in [-0.25, -0.2) is 4.79 Å². The second-order valence-electron chi connectivity index (χ2n) is 6.78. The summed E-state index contributed by atoms with van der Waals surface area (Å²) in [5.41, 5.74) is 6.01. The van der Waals surface area contributed by atoms with Gasteiger partial charge in [0.25, 0.3) is 0 Å². The lowest BCUT2D eigenvalue weighted by Gasteiger charge is -2.30. The van der Waals surface area contributed by atoms with Gasteiger partial charge in [-0.1, -0.05) is 51.1 Å². The van der Waals surface area contributed by atoms with Crippen molar-refractivity contribution in [2.24, 2.45) is 11.1 Å². The quantitative estimate of drug-likeness (QED) is 0.570. The molecule has 3 N–H and O–H groups in total. The highest BCUT2D eigenvalue weighted by atomic mass is 16.5. The fourth-order valence-corrected chi connectivity index (χ4v) is 2.18. The molecule has 0 aliphatic rings. The van der Waals surface area contributed by atoms with Crippen LogP contribution in [0.4, 0.5) is 4.79 Å². The van der Waals surface area contributed by atoms with E-state index in [0.29, 0.717) is 32.2 Å². The van der Waals surface area contributed by atoms with Crippen molar-refractivity contribution in [3.8, 4) is 0 Å². The Morgan fingerprint density at radius 1 is 1.17 bits per heavy atom. The third-order valence-corrected chi connectivity index (χ3v) is 3.61. The highest BCUT2D eigenvalue weighted by Gasteiger charge is 2.28. The van der Waals surface area contributed by atoms with Gasteiger partial charge in [0.15, 0.2) is 0 Å². The van der Waals surface area contributed by atoms with Gasteiger partial charge in [0.2, 0.25) is 0 Å². The molecule has 5 heteroatoms. The molecule has 0 radical (unpaired) electrons. The first-order valence-corrected chi connectivity index (χ1v) is 8.06. The summed E-state index contributed by atoms with van der Waals surface area (Å²) in [5, 5.41) is 2.50. The Balaban J connectivity index is 2.44. The van der Waals surface area contributed by atoms with E-state index in [1.807, 2.05) is 30.3 Å². The van der Waals surface area contributed by atoms with Crippen LogP contribution in [0.25, 0.3) is 0 Å². The average Bonchev–Trinajstić information content (AvgIpc) is 2.46. The Kier molecular flexibility index (Phi) is 7.59. The summed E-state index contributed by atoms with van der Waals surface area (Å²) < 4.78 is 5.70. The van der Waals surface area contributed by atoms with Gasteiger partial charge in [-0.15, -0.1) is 0 Å². The minimum Gasteiger partial charge on any atom is -0.461 e. The van der Waals surface area contributed by atoms with E-state index in [-0.39, 0.29) is 17.5 Å². The third-order valence-electron chi connectivity index (χ3n) is 3.61. The number of urea groups is 1. The van der Waals surface area contributed by atoms with E-state index in [1.165, 1.54) is 0 Å². The molecule has 1 aromatic carbocycles. The second kappa shape index (κ2) is 9.18. The van der Waals surface area contributed by atoms with Crippen molar-refractivity contribution < 1.29 is 14.3 Å². The maximum absolute atomic E-state index is 12.1. The molecule has 0 heterocycles. The SMILES string of the molecule is CC(C)(C)C(Cc1ccccc1)OC(=O)CCCCNC(N)=O. The maximum atomic E-state index is 12.1. The number of amides is 2. The van der Waals surface area contributed by atoms with Crippen LogP contribution in [0, 0.1) is 5.41 Å². The zero-order chi connectivity index (χ0) is 17.3. The molecule has 23 heavy (non-hydrogen) atoms. The van der Waals surface area contributed by atoms with Crippen molar-refractivity contribution in [1.29, 1.82) is 0 Å². The van der Waals surface area contributed by atoms with Gasteiger partial charge < -0.3 is 15.8 Å². The number of rotatable bonds is 8. The lowest BCUT2D eigenvalue weighted by molar-refractivity contribution is -0.154. The summed E-state index contributed by atoms with van der Waals surface area (Å²) in [4.78, 5) is 22.6. The van der Waals surface area contributed by atoms with Gasteiger partial charge in [-0.3, -0.25) is 4.79 Å². The second-order valence-corrected chi connectivity index (χ2v) is 6.78. The number of nitrogens with two attached hydrogens (primary N) is 1. The van der Waals surface area contributed by atoms with Gasteiger partial charge in [0, 0.05) is 19.4 Å². The van der Waals surface area contributed by atoms with Crippen LogP contribution in [0.15, 0.2) is 30.3 Å². The van der Waals surface area contributed by atoms with Crippen molar-refractivity contribution in [2.75, 3.05) is 6.54 Å². The molecule has 0 aromatic heterocycles. The Morgan fingerprint density at radius 3 is 2.39 bits per heavy atom. The van der Waals surface area contributed by atoms with Crippen LogP contribution < -0.4 is 11.1 Å². The van der Waals surface area contributed by atoms with E-state index >= 15 is 0 Å². The standard InChI is InChI=1S/C18H28N2O3/c1-18(2,3)15(13-14-9-5-4-6-10-14)23-16(21)11-7-8-12-20-17(19)22/h4-6,9-10,15H,7-8,11-13H2,1-3H3,(H3,19,20,22). The van der Waals surface area contributed by atoms with Crippen LogP contribution in [0.1, 0.15) is 45.6 Å². The van der Waals surface area contributed by atoms with E-state index in [0.717, 1.165) is 5.56 Å². The maximum Gasteiger partial charge on any atom is 0.312 e. The number of ether oxygens (including phenoxy) is 1. The Bertz CT molecular complexity index is 495. The summed E-state index contributed by atoms with van der Waals surface area (Å²) >= 11 is 0. The van der Waals surface area contributed by atoms with E-state index in [4.69, 9.17) is 10.5 Å². The van der Waals surface area contributed by atoms with Crippen LogP contribution in [-0.2, 0) is 16.0 Å². The molecule has 0 saturated carbocycles. The zero-order valence-corrected chi connectivity index (χ0v) is 14.3. The van der Waals surface area contributed by atoms with Crippen molar-refractivity contribution in [3.63, 3.8) is 0 Å². The molecule has 0 spiro atoms. The number of carbonyl (C=O) groups is 2. The van der Waals surface area contributed by atoms with E-state index in [2.05, 4.69) is 26.1 Å². The largest absolute Gasteiger partial charge is 0.461 e. The fraction of sp³-hybridized carbons (Fsp3) is 0.556. The highest BCUT2D eigenvalue weighted by molar-refractivity contribution is 5.71. The Morgan fingerprint density at radius 2 is 1.83 bits per heavy atom. The highest BCUT2D eigenvalue weighted by Crippen LogP contribution is 2.26. The number of hydrogen-bond donors (Lipinski definition) is 2. The fourth-order valence-electron chi connectivity index (χ4n) is 2.18. The van der Waals surface area contributed by atoms with Gasteiger partial charge >= 0.3 is 12.0 Å². The number of primary amides is 1. The van der Waals surface area contributed by atoms with Crippen molar-refractivity contribution in [3.05, 3.63) is 35.9 Å². The first-order valence-electron chi connectivity index (χ1n) is 8.06. The summed E-state index contributed by atoms with van der Waals surface area (Å²) in [6.45, 7) is 6.70. The number of hydrogen-bond acceptors (Lipinski definition) is 3. The van der Waals surface area contributed by atoms with E-state index in [9.17, 15) is 9.59 Å². The van der Waals surface area contributed by atoms with Crippen LogP contribution in [0.2, 0.25) is 0 Å². The van der Waals surface area contributed by atoms with Crippen molar-refractivity contribution in [1.82, 2.24) is 5.32 Å². The molecule has 1 atom stereocenters. The summed E-state index contributed by atoms with van der Waals surface area (Å²) in [6.07, 6.45) is 2.26. The average molecular weight is 320 g/mol.